The van der Waals surface area contributed by atoms with E-state index in [0.29, 0.717) is 6.54 Å². The van der Waals surface area contributed by atoms with Crippen LogP contribution in [0.2, 0.25) is 0 Å². The Kier molecular flexibility index (Phi) is 6.16. The van der Waals surface area contributed by atoms with Crippen LogP contribution in [0, 0.1) is 5.41 Å². The number of carbonyl (C=O) groups is 2. The summed E-state index contributed by atoms with van der Waals surface area (Å²) in [6.07, 6.45) is 0. The van der Waals surface area contributed by atoms with Crippen molar-refractivity contribution >= 4 is 33.4 Å². The predicted octanol–water partition coefficient (Wildman–Crippen LogP) is 1.75. The second kappa shape index (κ2) is 7.40. The van der Waals surface area contributed by atoms with E-state index >= 15 is 0 Å². The first-order chi connectivity index (χ1) is 9.35. The van der Waals surface area contributed by atoms with Gasteiger partial charge in [-0.3, -0.25) is 9.59 Å². The molecule has 0 atom stereocenters. The Labute approximate surface area is 127 Å². The summed E-state index contributed by atoms with van der Waals surface area (Å²) in [7, 11) is 1.60. The van der Waals surface area contributed by atoms with Crippen LogP contribution in [0.3, 0.4) is 0 Å². The van der Waals surface area contributed by atoms with Gasteiger partial charge in [0.15, 0.2) is 0 Å². The zero-order valence-corrected chi connectivity index (χ0v) is 13.5. The highest BCUT2D eigenvalue weighted by Crippen LogP contribution is 2.14. The molecule has 0 aliphatic carbocycles. The lowest BCUT2D eigenvalue weighted by Crippen LogP contribution is -2.43. The van der Waals surface area contributed by atoms with Gasteiger partial charge in [-0.15, -0.1) is 0 Å². The van der Waals surface area contributed by atoms with Gasteiger partial charge in [-0.2, -0.15) is 0 Å². The Morgan fingerprint density at radius 1 is 1.20 bits per heavy atom. The van der Waals surface area contributed by atoms with E-state index in [0.717, 1.165) is 10.2 Å². The molecule has 6 heteroatoms. The zero-order valence-electron chi connectivity index (χ0n) is 11.9. The second-order valence-corrected chi connectivity index (χ2v) is 6.04. The van der Waals surface area contributed by atoms with Crippen molar-refractivity contribution in [2.45, 2.75) is 13.8 Å². The van der Waals surface area contributed by atoms with Crippen molar-refractivity contribution in [3.8, 4) is 0 Å². The van der Waals surface area contributed by atoms with Crippen molar-refractivity contribution in [1.29, 1.82) is 0 Å². The average molecular weight is 342 g/mol. The van der Waals surface area contributed by atoms with Gasteiger partial charge in [-0.05, 0) is 38.1 Å². The predicted molar refractivity (Wildman–Crippen MR) is 83.5 cm³/mol. The summed E-state index contributed by atoms with van der Waals surface area (Å²) in [6.45, 7) is 4.24. The van der Waals surface area contributed by atoms with Crippen LogP contribution in [0.4, 0.5) is 5.69 Å². The Morgan fingerprint density at radius 2 is 1.80 bits per heavy atom. The molecule has 0 bridgehead atoms. The molecule has 0 saturated carbocycles. The van der Waals surface area contributed by atoms with E-state index in [1.165, 1.54) is 0 Å². The molecular weight excluding hydrogens is 322 g/mol. The second-order valence-electron chi connectivity index (χ2n) is 5.12. The fourth-order valence-corrected chi connectivity index (χ4v) is 1.91. The number of nitrogens with one attached hydrogen (secondary N) is 3. The van der Waals surface area contributed by atoms with E-state index in [1.807, 2.05) is 38.1 Å². The maximum Gasteiger partial charge on any atom is 0.238 e. The van der Waals surface area contributed by atoms with Gasteiger partial charge in [-0.1, -0.05) is 15.9 Å². The summed E-state index contributed by atoms with van der Waals surface area (Å²) < 4.78 is 0.959. The van der Waals surface area contributed by atoms with Gasteiger partial charge in [0.05, 0.1) is 12.0 Å². The lowest BCUT2D eigenvalue weighted by atomic mass is 9.92. The number of hydrogen-bond acceptors (Lipinski definition) is 3. The number of halogens is 1. The topological polar surface area (TPSA) is 70.2 Å². The summed E-state index contributed by atoms with van der Waals surface area (Å²) >= 11 is 3.33. The lowest BCUT2D eigenvalue weighted by molar-refractivity contribution is -0.128. The van der Waals surface area contributed by atoms with Crippen LogP contribution >= 0.6 is 15.9 Å². The number of benzene rings is 1. The van der Waals surface area contributed by atoms with Gasteiger partial charge in [0.25, 0.3) is 0 Å². The average Bonchev–Trinajstić information content (AvgIpc) is 2.40. The maximum atomic E-state index is 11.7. The largest absolute Gasteiger partial charge is 0.359 e. The number of carbonyl (C=O) groups excluding carboxylic acids is 2. The number of rotatable bonds is 6. The van der Waals surface area contributed by atoms with Crippen molar-refractivity contribution < 1.29 is 9.59 Å². The summed E-state index contributed by atoms with van der Waals surface area (Å²) in [5.74, 6) is -0.196. The zero-order chi connectivity index (χ0) is 15.2. The monoisotopic (exact) mass is 341 g/mol. The first-order valence-corrected chi connectivity index (χ1v) is 7.13. The van der Waals surface area contributed by atoms with E-state index in [1.54, 1.807) is 7.05 Å². The standard InChI is InChI=1S/C14H20BrN3O2/c1-14(2,13(20)16-3)9-17-8-12(19)18-11-6-4-10(15)5-7-11/h4-7,17H,8-9H2,1-3H3,(H,16,20)(H,18,19). The smallest absolute Gasteiger partial charge is 0.238 e. The molecule has 1 rings (SSSR count). The maximum absolute atomic E-state index is 11.7. The minimum Gasteiger partial charge on any atom is -0.359 e. The quantitative estimate of drug-likeness (QED) is 0.738. The van der Waals surface area contributed by atoms with Crippen molar-refractivity contribution in [1.82, 2.24) is 10.6 Å². The minimum atomic E-state index is -0.549. The van der Waals surface area contributed by atoms with Crippen LogP contribution in [0.5, 0.6) is 0 Å². The minimum absolute atomic E-state index is 0.0571. The summed E-state index contributed by atoms with van der Waals surface area (Å²) in [4.78, 5) is 23.3. The molecule has 0 aliphatic rings. The highest BCUT2D eigenvalue weighted by atomic mass is 79.9. The van der Waals surface area contributed by atoms with Crippen LogP contribution in [-0.4, -0.2) is 32.0 Å². The normalized spacial score (nSPS) is 11.0. The van der Waals surface area contributed by atoms with Crippen molar-refractivity contribution in [2.75, 3.05) is 25.5 Å². The molecule has 110 valence electrons. The molecule has 0 heterocycles. The molecule has 3 N–H and O–H groups in total. The van der Waals surface area contributed by atoms with Gasteiger partial charge in [-0.25, -0.2) is 0 Å². The molecule has 0 radical (unpaired) electrons. The molecule has 0 saturated heterocycles. The van der Waals surface area contributed by atoms with Crippen LogP contribution in [0.25, 0.3) is 0 Å². The molecule has 20 heavy (non-hydrogen) atoms. The summed E-state index contributed by atoms with van der Waals surface area (Å²) in [5.41, 5.74) is 0.192. The van der Waals surface area contributed by atoms with E-state index in [4.69, 9.17) is 0 Å². The van der Waals surface area contributed by atoms with E-state index in [9.17, 15) is 9.59 Å². The number of amides is 2. The van der Waals surface area contributed by atoms with Crippen molar-refractivity contribution in [2.24, 2.45) is 5.41 Å². The Bertz CT molecular complexity index is 472. The fourth-order valence-electron chi connectivity index (χ4n) is 1.65. The van der Waals surface area contributed by atoms with Crippen LogP contribution in [-0.2, 0) is 9.59 Å². The van der Waals surface area contributed by atoms with Gasteiger partial charge in [0, 0.05) is 23.8 Å². The Balaban J connectivity index is 2.37. The molecule has 0 spiro atoms. The van der Waals surface area contributed by atoms with E-state index in [-0.39, 0.29) is 18.4 Å². The fraction of sp³-hybridized carbons (Fsp3) is 0.429. The Hall–Kier alpha value is -1.40. The van der Waals surface area contributed by atoms with E-state index < -0.39 is 5.41 Å². The third-order valence-electron chi connectivity index (χ3n) is 2.82. The number of hydrogen-bond donors (Lipinski definition) is 3. The third-order valence-corrected chi connectivity index (χ3v) is 3.35. The van der Waals surface area contributed by atoms with Gasteiger partial charge in [0.2, 0.25) is 11.8 Å². The van der Waals surface area contributed by atoms with Crippen molar-refractivity contribution in [3.05, 3.63) is 28.7 Å². The highest BCUT2D eigenvalue weighted by Gasteiger charge is 2.26. The lowest BCUT2D eigenvalue weighted by Gasteiger charge is -2.22. The molecular formula is C14H20BrN3O2. The molecule has 0 unspecified atom stereocenters. The molecule has 2 amide bonds. The first kappa shape index (κ1) is 16.7. The number of anilines is 1. The molecule has 1 aromatic carbocycles. The summed E-state index contributed by atoms with van der Waals surface area (Å²) in [5, 5.41) is 8.37. The molecule has 0 fully saturated rings. The third kappa shape index (κ3) is 5.30. The van der Waals surface area contributed by atoms with Gasteiger partial charge < -0.3 is 16.0 Å². The van der Waals surface area contributed by atoms with Crippen LogP contribution in [0.15, 0.2) is 28.7 Å². The van der Waals surface area contributed by atoms with Crippen LogP contribution in [0.1, 0.15) is 13.8 Å². The van der Waals surface area contributed by atoms with E-state index in [2.05, 4.69) is 31.9 Å². The van der Waals surface area contributed by atoms with Crippen LogP contribution < -0.4 is 16.0 Å². The summed E-state index contributed by atoms with van der Waals surface area (Å²) in [6, 6.07) is 7.35. The van der Waals surface area contributed by atoms with Gasteiger partial charge in [0.1, 0.15) is 0 Å². The molecule has 1 aromatic rings. The van der Waals surface area contributed by atoms with Crippen molar-refractivity contribution in [3.63, 3.8) is 0 Å². The molecule has 5 nitrogen and oxygen atoms in total. The highest BCUT2D eigenvalue weighted by molar-refractivity contribution is 9.10. The molecule has 0 aromatic heterocycles. The Morgan fingerprint density at radius 3 is 2.35 bits per heavy atom. The van der Waals surface area contributed by atoms with Gasteiger partial charge >= 0.3 is 0 Å². The SMILES string of the molecule is CNC(=O)C(C)(C)CNCC(=O)Nc1ccc(Br)cc1. The molecule has 0 aliphatic heterocycles. The first-order valence-electron chi connectivity index (χ1n) is 6.33.